The molecule has 0 fully saturated rings. The summed E-state index contributed by atoms with van der Waals surface area (Å²) in [6, 6.07) is 4.20. The quantitative estimate of drug-likeness (QED) is 0.838. The molecule has 0 aliphatic heterocycles. The molecule has 1 atom stereocenters. The topological polar surface area (TPSA) is 66.4 Å². The summed E-state index contributed by atoms with van der Waals surface area (Å²) in [6.45, 7) is 3.19. The van der Waals surface area contributed by atoms with Gasteiger partial charge in [0.15, 0.2) is 0 Å². The fourth-order valence-electron chi connectivity index (χ4n) is 1.24. The molecule has 1 aromatic carbocycles. The van der Waals surface area contributed by atoms with E-state index in [4.69, 9.17) is 5.11 Å². The molecule has 17 heavy (non-hydrogen) atoms. The fourth-order valence-corrected chi connectivity index (χ4v) is 1.24. The molecule has 92 valence electrons. The highest BCUT2D eigenvalue weighted by atomic mass is 19.1. The molecule has 1 rings (SSSR count). The van der Waals surface area contributed by atoms with E-state index in [0.717, 1.165) is 5.56 Å². The molecule has 0 aliphatic rings. The van der Waals surface area contributed by atoms with Gasteiger partial charge in [-0.2, -0.15) is 0 Å². The molecule has 1 amide bonds. The van der Waals surface area contributed by atoms with Crippen molar-refractivity contribution in [1.29, 1.82) is 0 Å². The summed E-state index contributed by atoms with van der Waals surface area (Å²) in [7, 11) is 0. The van der Waals surface area contributed by atoms with Gasteiger partial charge >= 0.3 is 5.97 Å². The number of aryl methyl sites for hydroxylation is 1. The van der Waals surface area contributed by atoms with E-state index >= 15 is 0 Å². The molecule has 0 saturated carbocycles. The van der Waals surface area contributed by atoms with E-state index in [2.05, 4.69) is 5.32 Å². The van der Waals surface area contributed by atoms with Crippen LogP contribution in [0.3, 0.4) is 0 Å². The van der Waals surface area contributed by atoms with Crippen LogP contribution in [0.1, 0.15) is 22.8 Å². The highest BCUT2D eigenvalue weighted by molar-refractivity contribution is 5.94. The molecule has 1 aromatic rings. The van der Waals surface area contributed by atoms with Crippen LogP contribution in [0.25, 0.3) is 0 Å². The molecule has 0 heterocycles. The molecule has 0 radical (unpaired) electrons. The predicted molar refractivity (Wildman–Crippen MR) is 60.3 cm³/mol. The van der Waals surface area contributed by atoms with E-state index in [1.165, 1.54) is 19.1 Å². The van der Waals surface area contributed by atoms with Gasteiger partial charge in [-0.25, -0.2) is 4.39 Å². The number of hydrogen-bond acceptors (Lipinski definition) is 2. The van der Waals surface area contributed by atoms with Crippen molar-refractivity contribution in [1.82, 2.24) is 5.32 Å². The van der Waals surface area contributed by atoms with Crippen LogP contribution < -0.4 is 5.32 Å². The Morgan fingerprint density at radius 3 is 2.71 bits per heavy atom. The van der Waals surface area contributed by atoms with Crippen LogP contribution in [-0.4, -0.2) is 23.5 Å². The number of rotatable bonds is 4. The highest BCUT2D eigenvalue weighted by Gasteiger charge is 2.15. The predicted octanol–water partition coefficient (Wildman–Crippen LogP) is 1.58. The van der Waals surface area contributed by atoms with E-state index in [1.807, 2.05) is 0 Å². The van der Waals surface area contributed by atoms with Gasteiger partial charge in [-0.15, -0.1) is 0 Å². The summed E-state index contributed by atoms with van der Waals surface area (Å²) >= 11 is 0. The van der Waals surface area contributed by atoms with Crippen molar-refractivity contribution in [2.45, 2.75) is 13.8 Å². The molecular weight excluding hydrogens is 225 g/mol. The van der Waals surface area contributed by atoms with Crippen LogP contribution in [0.5, 0.6) is 0 Å². The van der Waals surface area contributed by atoms with Gasteiger partial charge in [0.25, 0.3) is 5.91 Å². The minimum absolute atomic E-state index is 0.0262. The van der Waals surface area contributed by atoms with Crippen LogP contribution in [-0.2, 0) is 4.79 Å². The normalized spacial score (nSPS) is 11.9. The molecular formula is C12H14FNO3. The number of carboxylic acids is 1. The van der Waals surface area contributed by atoms with E-state index < -0.39 is 23.6 Å². The fraction of sp³-hybridized carbons (Fsp3) is 0.333. The smallest absolute Gasteiger partial charge is 0.308 e. The number of carbonyl (C=O) groups is 2. The number of amides is 1. The zero-order valence-corrected chi connectivity index (χ0v) is 9.66. The standard InChI is InChI=1S/C12H14FNO3/c1-7-3-4-10(13)9(5-7)11(15)14-6-8(2)12(16)17/h3-5,8H,6H2,1-2H3,(H,14,15)(H,16,17). The van der Waals surface area contributed by atoms with Crippen LogP contribution in [0.4, 0.5) is 4.39 Å². The second-order valence-electron chi connectivity index (χ2n) is 3.93. The summed E-state index contributed by atoms with van der Waals surface area (Å²) in [5, 5.41) is 11.0. The van der Waals surface area contributed by atoms with Gasteiger partial charge in [-0.3, -0.25) is 9.59 Å². The molecule has 0 aromatic heterocycles. The van der Waals surface area contributed by atoms with E-state index in [0.29, 0.717) is 0 Å². The minimum atomic E-state index is -1.00. The zero-order chi connectivity index (χ0) is 13.0. The van der Waals surface area contributed by atoms with Gasteiger partial charge in [0.05, 0.1) is 11.5 Å². The number of benzene rings is 1. The Labute approximate surface area is 98.5 Å². The van der Waals surface area contributed by atoms with E-state index in [9.17, 15) is 14.0 Å². The van der Waals surface area contributed by atoms with Crippen LogP contribution in [0.15, 0.2) is 18.2 Å². The Kier molecular flexibility index (Phi) is 4.20. The first-order valence-electron chi connectivity index (χ1n) is 5.19. The summed E-state index contributed by atoms with van der Waals surface area (Å²) in [5.74, 6) is -2.92. The SMILES string of the molecule is Cc1ccc(F)c(C(=O)NCC(C)C(=O)O)c1. The van der Waals surface area contributed by atoms with Crippen LogP contribution >= 0.6 is 0 Å². The maximum atomic E-state index is 13.3. The lowest BCUT2D eigenvalue weighted by Crippen LogP contribution is -2.32. The summed E-state index contributed by atoms with van der Waals surface area (Å²) in [4.78, 5) is 22.1. The van der Waals surface area contributed by atoms with Crippen LogP contribution in [0, 0.1) is 18.7 Å². The molecule has 0 aliphatic carbocycles. The van der Waals surface area contributed by atoms with Gasteiger partial charge in [-0.1, -0.05) is 18.6 Å². The largest absolute Gasteiger partial charge is 0.481 e. The van der Waals surface area contributed by atoms with Crippen molar-refractivity contribution in [2.75, 3.05) is 6.54 Å². The number of carbonyl (C=O) groups excluding carboxylic acids is 1. The van der Waals surface area contributed by atoms with Gasteiger partial charge < -0.3 is 10.4 Å². The van der Waals surface area contributed by atoms with Crippen molar-refractivity contribution in [3.05, 3.63) is 35.1 Å². The molecule has 0 saturated heterocycles. The van der Waals surface area contributed by atoms with Crippen molar-refractivity contribution < 1.29 is 19.1 Å². The molecule has 4 nitrogen and oxygen atoms in total. The number of nitrogens with one attached hydrogen (secondary N) is 1. The molecule has 1 unspecified atom stereocenters. The second kappa shape index (κ2) is 5.43. The third kappa shape index (κ3) is 3.55. The average Bonchev–Trinajstić information content (AvgIpc) is 2.28. The summed E-state index contributed by atoms with van der Waals surface area (Å²) in [5.41, 5.74) is 0.699. The van der Waals surface area contributed by atoms with E-state index in [1.54, 1.807) is 13.0 Å². The Bertz CT molecular complexity index is 445. The Hall–Kier alpha value is -1.91. The maximum absolute atomic E-state index is 13.3. The number of halogens is 1. The first-order valence-corrected chi connectivity index (χ1v) is 5.19. The Morgan fingerprint density at radius 1 is 1.47 bits per heavy atom. The molecule has 2 N–H and O–H groups in total. The lowest BCUT2D eigenvalue weighted by molar-refractivity contribution is -0.140. The Balaban J connectivity index is 2.70. The van der Waals surface area contributed by atoms with Crippen molar-refractivity contribution >= 4 is 11.9 Å². The summed E-state index contributed by atoms with van der Waals surface area (Å²) < 4.78 is 13.3. The van der Waals surface area contributed by atoms with Crippen molar-refractivity contribution in [2.24, 2.45) is 5.92 Å². The van der Waals surface area contributed by atoms with E-state index in [-0.39, 0.29) is 12.1 Å². The molecule has 0 bridgehead atoms. The number of carboxylic acid groups (broad SMARTS) is 1. The van der Waals surface area contributed by atoms with Crippen molar-refractivity contribution in [3.8, 4) is 0 Å². The monoisotopic (exact) mass is 239 g/mol. The lowest BCUT2D eigenvalue weighted by Gasteiger charge is -2.09. The molecule has 5 heteroatoms. The second-order valence-corrected chi connectivity index (χ2v) is 3.93. The minimum Gasteiger partial charge on any atom is -0.481 e. The third-order valence-corrected chi connectivity index (χ3v) is 2.36. The number of aliphatic carboxylic acids is 1. The highest BCUT2D eigenvalue weighted by Crippen LogP contribution is 2.09. The zero-order valence-electron chi connectivity index (χ0n) is 9.66. The first-order chi connectivity index (χ1) is 7.91. The third-order valence-electron chi connectivity index (χ3n) is 2.36. The Morgan fingerprint density at radius 2 is 2.12 bits per heavy atom. The average molecular weight is 239 g/mol. The van der Waals surface area contributed by atoms with Gasteiger partial charge in [0.1, 0.15) is 5.82 Å². The lowest BCUT2D eigenvalue weighted by atomic mass is 10.1. The van der Waals surface area contributed by atoms with Gasteiger partial charge in [-0.05, 0) is 19.1 Å². The van der Waals surface area contributed by atoms with Gasteiger partial charge in [0.2, 0.25) is 0 Å². The van der Waals surface area contributed by atoms with Crippen LogP contribution in [0.2, 0.25) is 0 Å². The first kappa shape index (κ1) is 13.2. The van der Waals surface area contributed by atoms with Crippen molar-refractivity contribution in [3.63, 3.8) is 0 Å². The van der Waals surface area contributed by atoms with Gasteiger partial charge in [0, 0.05) is 6.54 Å². The summed E-state index contributed by atoms with van der Waals surface area (Å²) in [6.07, 6.45) is 0. The maximum Gasteiger partial charge on any atom is 0.308 e. The molecule has 0 spiro atoms. The number of hydrogen-bond donors (Lipinski definition) is 2.